The van der Waals surface area contributed by atoms with E-state index in [0.717, 1.165) is 5.56 Å². The number of primary amides is 1. The average molecular weight is 368 g/mol. The van der Waals surface area contributed by atoms with Crippen LogP contribution in [0.5, 0.6) is 0 Å². The van der Waals surface area contributed by atoms with E-state index in [1.165, 1.54) is 30.6 Å². The number of halogens is 1. The van der Waals surface area contributed by atoms with Gasteiger partial charge in [0, 0.05) is 25.1 Å². The van der Waals surface area contributed by atoms with Gasteiger partial charge < -0.3 is 16.2 Å². The summed E-state index contributed by atoms with van der Waals surface area (Å²) >= 11 is 0. The summed E-state index contributed by atoms with van der Waals surface area (Å²) in [7, 11) is 0. The highest BCUT2D eigenvalue weighted by Crippen LogP contribution is 2.13. The quantitative estimate of drug-likeness (QED) is 0.637. The molecule has 0 aliphatic carbocycles. The number of carbonyl (C=O) groups is 2. The molecule has 1 aromatic carbocycles. The zero-order chi connectivity index (χ0) is 19.6. The molecular weight excluding hydrogens is 351 g/mol. The Hall–Kier alpha value is -3.81. The molecule has 2 heterocycles. The second-order valence-electron chi connectivity index (χ2n) is 5.29. The lowest BCUT2D eigenvalue weighted by Crippen LogP contribution is -2.10. The first-order chi connectivity index (χ1) is 13.0. The number of amides is 1. The molecule has 0 fully saturated rings. The molecule has 0 atom stereocenters. The first-order valence-electron chi connectivity index (χ1n) is 7.84. The summed E-state index contributed by atoms with van der Waals surface area (Å²) in [6, 6.07) is 12.4. The Morgan fingerprint density at radius 3 is 2.48 bits per heavy atom. The largest absolute Gasteiger partial charge is 0.478 e. The van der Waals surface area contributed by atoms with E-state index >= 15 is 0 Å². The summed E-state index contributed by atoms with van der Waals surface area (Å²) in [5.74, 6) is -1.55. The molecule has 0 spiro atoms. The maximum Gasteiger partial charge on any atom is 0.339 e. The molecule has 27 heavy (non-hydrogen) atoms. The third-order valence-corrected chi connectivity index (χ3v) is 3.33. The zero-order valence-corrected chi connectivity index (χ0v) is 14.2. The fourth-order valence-electron chi connectivity index (χ4n) is 2.06. The Labute approximate surface area is 154 Å². The van der Waals surface area contributed by atoms with Crippen molar-refractivity contribution >= 4 is 17.7 Å². The average Bonchev–Trinajstić information content (AvgIpc) is 2.68. The Kier molecular flexibility index (Phi) is 6.95. The van der Waals surface area contributed by atoms with E-state index in [0.29, 0.717) is 12.1 Å². The van der Waals surface area contributed by atoms with Gasteiger partial charge in [0.2, 0.25) is 5.91 Å². The molecule has 0 saturated heterocycles. The van der Waals surface area contributed by atoms with Crippen LogP contribution in [-0.2, 0) is 6.54 Å². The zero-order valence-electron chi connectivity index (χ0n) is 14.2. The number of hydrogen-bond acceptors (Lipinski definition) is 5. The van der Waals surface area contributed by atoms with Crippen molar-refractivity contribution in [1.29, 1.82) is 0 Å². The molecule has 0 unspecified atom stereocenters. The number of anilines is 1. The van der Waals surface area contributed by atoms with E-state index in [1.807, 2.05) is 0 Å². The summed E-state index contributed by atoms with van der Waals surface area (Å²) in [6.07, 6.45) is 4.52. The minimum Gasteiger partial charge on any atom is -0.478 e. The molecule has 0 saturated carbocycles. The van der Waals surface area contributed by atoms with Crippen molar-refractivity contribution in [2.75, 3.05) is 5.32 Å². The van der Waals surface area contributed by atoms with E-state index in [4.69, 9.17) is 10.8 Å². The highest BCUT2D eigenvalue weighted by Gasteiger charge is 2.09. The molecule has 7 nitrogen and oxygen atoms in total. The normalized spacial score (nSPS) is 9.67. The van der Waals surface area contributed by atoms with Crippen LogP contribution in [-0.4, -0.2) is 27.0 Å². The third-order valence-electron chi connectivity index (χ3n) is 3.33. The van der Waals surface area contributed by atoms with Crippen molar-refractivity contribution < 1.29 is 19.1 Å². The Balaban J connectivity index is 0.000000244. The highest BCUT2D eigenvalue weighted by molar-refractivity contribution is 5.93. The number of hydrogen-bond donors (Lipinski definition) is 3. The summed E-state index contributed by atoms with van der Waals surface area (Å²) in [4.78, 5) is 29.0. The number of aromatic nitrogens is 2. The lowest BCUT2D eigenvalue weighted by Gasteiger charge is -2.08. The number of nitrogens with one attached hydrogen (secondary N) is 1. The number of benzene rings is 1. The number of nitrogens with two attached hydrogens (primary N) is 1. The first-order valence-corrected chi connectivity index (χ1v) is 7.84. The molecule has 1 amide bonds. The van der Waals surface area contributed by atoms with Gasteiger partial charge in [0.15, 0.2) is 0 Å². The van der Waals surface area contributed by atoms with Gasteiger partial charge in [-0.2, -0.15) is 0 Å². The number of carbonyl (C=O) groups excluding carboxylic acids is 1. The Morgan fingerprint density at radius 2 is 1.89 bits per heavy atom. The summed E-state index contributed by atoms with van der Waals surface area (Å²) in [5, 5.41) is 11.8. The Morgan fingerprint density at radius 1 is 1.11 bits per heavy atom. The van der Waals surface area contributed by atoms with Crippen molar-refractivity contribution in [3.63, 3.8) is 0 Å². The van der Waals surface area contributed by atoms with Crippen molar-refractivity contribution in [2.24, 2.45) is 5.73 Å². The molecule has 0 aliphatic rings. The molecule has 0 bridgehead atoms. The molecule has 2 aromatic heterocycles. The highest BCUT2D eigenvalue weighted by atomic mass is 19.1. The predicted octanol–water partition coefficient (Wildman–Crippen LogP) is 2.71. The van der Waals surface area contributed by atoms with E-state index in [-0.39, 0.29) is 17.2 Å². The molecule has 138 valence electrons. The fraction of sp³-hybridized carbons (Fsp3) is 0.0526. The van der Waals surface area contributed by atoms with Crippen LogP contribution in [0.25, 0.3) is 0 Å². The molecular formula is C19H17FN4O3. The smallest absolute Gasteiger partial charge is 0.339 e. The molecule has 3 rings (SSSR count). The number of rotatable bonds is 5. The van der Waals surface area contributed by atoms with Crippen LogP contribution in [0.1, 0.15) is 26.3 Å². The van der Waals surface area contributed by atoms with Crippen molar-refractivity contribution in [3.05, 3.63) is 89.6 Å². The number of carboxylic acid groups (broad SMARTS) is 1. The van der Waals surface area contributed by atoms with Gasteiger partial charge in [-0.15, -0.1) is 0 Å². The van der Waals surface area contributed by atoms with Crippen LogP contribution < -0.4 is 11.1 Å². The maximum absolute atomic E-state index is 13.0. The van der Waals surface area contributed by atoms with Gasteiger partial charge >= 0.3 is 5.97 Å². The predicted molar refractivity (Wildman–Crippen MR) is 97.7 cm³/mol. The van der Waals surface area contributed by atoms with Crippen LogP contribution >= 0.6 is 0 Å². The van der Waals surface area contributed by atoms with Gasteiger partial charge in [0.1, 0.15) is 17.2 Å². The molecule has 3 aromatic rings. The third kappa shape index (κ3) is 6.20. The minimum absolute atomic E-state index is 0.0916. The number of carboxylic acids is 1. The fourth-order valence-corrected chi connectivity index (χ4v) is 2.06. The van der Waals surface area contributed by atoms with Crippen LogP contribution in [0.4, 0.5) is 10.2 Å². The molecule has 0 radical (unpaired) electrons. The summed E-state index contributed by atoms with van der Waals surface area (Å²) in [5.41, 5.74) is 6.19. The number of pyridine rings is 2. The van der Waals surface area contributed by atoms with E-state index in [2.05, 4.69) is 15.3 Å². The van der Waals surface area contributed by atoms with Crippen molar-refractivity contribution in [3.8, 4) is 0 Å². The summed E-state index contributed by atoms with van der Waals surface area (Å²) < 4.78 is 13.0. The first kappa shape index (κ1) is 19.5. The van der Waals surface area contributed by atoms with Crippen LogP contribution in [0, 0.1) is 5.82 Å². The van der Waals surface area contributed by atoms with Crippen molar-refractivity contribution in [1.82, 2.24) is 9.97 Å². The SMILES string of the molecule is NC(=O)c1cccnc1.O=C(O)c1cccnc1NCc1cccc(F)c1. The van der Waals surface area contributed by atoms with Crippen molar-refractivity contribution in [2.45, 2.75) is 6.54 Å². The van der Waals surface area contributed by atoms with Gasteiger partial charge in [-0.25, -0.2) is 14.2 Å². The second kappa shape index (κ2) is 9.62. The molecule has 4 N–H and O–H groups in total. The minimum atomic E-state index is -1.05. The van der Waals surface area contributed by atoms with Gasteiger partial charge in [-0.1, -0.05) is 12.1 Å². The number of nitrogens with zero attached hydrogens (tertiary/aromatic N) is 2. The summed E-state index contributed by atoms with van der Waals surface area (Å²) in [6.45, 7) is 0.315. The standard InChI is InChI=1S/C13H11FN2O2.C6H6N2O/c14-10-4-1-3-9(7-10)8-16-12-11(13(17)18)5-2-6-15-12;7-6(9)5-2-1-3-8-4-5/h1-7H,8H2,(H,15,16)(H,17,18);1-4H,(H2,7,9). The van der Waals surface area contributed by atoms with Crippen LogP contribution in [0.3, 0.4) is 0 Å². The van der Waals surface area contributed by atoms with E-state index in [1.54, 1.807) is 36.5 Å². The van der Waals surface area contributed by atoms with Gasteiger partial charge in [0.05, 0.1) is 5.56 Å². The Bertz CT molecular complexity index is 920. The van der Waals surface area contributed by atoms with E-state index in [9.17, 15) is 14.0 Å². The monoisotopic (exact) mass is 368 g/mol. The van der Waals surface area contributed by atoms with E-state index < -0.39 is 11.9 Å². The van der Waals surface area contributed by atoms with Gasteiger partial charge in [-0.3, -0.25) is 9.78 Å². The van der Waals surface area contributed by atoms with Crippen LogP contribution in [0.15, 0.2) is 67.1 Å². The lowest BCUT2D eigenvalue weighted by atomic mass is 10.2. The maximum atomic E-state index is 13.0. The topological polar surface area (TPSA) is 118 Å². The van der Waals surface area contributed by atoms with Gasteiger partial charge in [-0.05, 0) is 42.0 Å². The lowest BCUT2D eigenvalue weighted by molar-refractivity contribution is 0.0697. The number of aromatic carboxylic acids is 1. The second-order valence-corrected chi connectivity index (χ2v) is 5.29. The molecule has 0 aliphatic heterocycles. The molecule has 8 heteroatoms. The van der Waals surface area contributed by atoms with Gasteiger partial charge in [0.25, 0.3) is 0 Å². The van der Waals surface area contributed by atoms with Crippen LogP contribution in [0.2, 0.25) is 0 Å².